The summed E-state index contributed by atoms with van der Waals surface area (Å²) in [5.74, 6) is 1.14. The van der Waals surface area contributed by atoms with Crippen LogP contribution in [-0.4, -0.2) is 40.8 Å². The van der Waals surface area contributed by atoms with Crippen molar-refractivity contribution in [1.82, 2.24) is 9.97 Å². The molecular weight excluding hydrogens is 247 g/mol. The molecule has 2 fully saturated rings. The van der Waals surface area contributed by atoms with Crippen LogP contribution in [-0.2, 0) is 0 Å². The summed E-state index contributed by atoms with van der Waals surface area (Å²) in [5, 5.41) is 12.9. The van der Waals surface area contributed by atoms with Crippen LogP contribution < -0.4 is 10.2 Å². The number of anilines is 2. The van der Waals surface area contributed by atoms with Crippen LogP contribution in [0, 0.1) is 17.7 Å². The lowest BCUT2D eigenvalue weighted by Crippen LogP contribution is -2.26. The van der Waals surface area contributed by atoms with E-state index in [4.69, 9.17) is 0 Å². The topological polar surface area (TPSA) is 61.3 Å². The molecule has 2 N–H and O–H groups in total. The first kappa shape index (κ1) is 12.6. The second-order valence-electron chi connectivity index (χ2n) is 5.37. The molecule has 0 amide bonds. The predicted octanol–water partition coefficient (Wildman–Crippen LogP) is 1.25. The van der Waals surface area contributed by atoms with Gasteiger partial charge in [0.1, 0.15) is 0 Å². The lowest BCUT2D eigenvalue weighted by Gasteiger charge is -2.20. The van der Waals surface area contributed by atoms with Crippen LogP contribution in [0.5, 0.6) is 0 Å². The number of aliphatic hydroxyl groups excluding tert-OH is 1. The van der Waals surface area contributed by atoms with Crippen LogP contribution in [0.1, 0.15) is 19.8 Å². The molecule has 1 aliphatic carbocycles. The highest BCUT2D eigenvalue weighted by atomic mass is 19.1. The summed E-state index contributed by atoms with van der Waals surface area (Å²) in [6, 6.07) is 0. The Morgan fingerprint density at radius 1 is 1.47 bits per heavy atom. The highest BCUT2D eigenvalue weighted by Crippen LogP contribution is 2.39. The van der Waals surface area contributed by atoms with Crippen molar-refractivity contribution in [3.8, 4) is 0 Å². The van der Waals surface area contributed by atoms with Gasteiger partial charge in [-0.1, -0.05) is 0 Å². The Balaban J connectivity index is 1.81. The fraction of sp³-hybridized carbons (Fsp3) is 0.692. The Morgan fingerprint density at radius 3 is 3.05 bits per heavy atom. The molecule has 6 heteroatoms. The molecule has 5 nitrogen and oxygen atoms in total. The first-order chi connectivity index (χ1) is 9.19. The zero-order chi connectivity index (χ0) is 13.4. The van der Waals surface area contributed by atoms with Crippen LogP contribution in [0.2, 0.25) is 0 Å². The third kappa shape index (κ3) is 2.25. The molecule has 1 aromatic heterocycles. The third-order valence-electron chi connectivity index (χ3n) is 4.18. The van der Waals surface area contributed by atoms with Crippen LogP contribution in [0.3, 0.4) is 0 Å². The van der Waals surface area contributed by atoms with E-state index in [0.717, 1.165) is 19.4 Å². The number of aliphatic hydroxyl groups is 1. The van der Waals surface area contributed by atoms with Gasteiger partial charge in [0.25, 0.3) is 0 Å². The largest absolute Gasteiger partial charge is 0.393 e. The van der Waals surface area contributed by atoms with E-state index in [0.29, 0.717) is 30.8 Å². The van der Waals surface area contributed by atoms with Gasteiger partial charge in [0.15, 0.2) is 11.6 Å². The van der Waals surface area contributed by atoms with E-state index in [1.54, 1.807) is 0 Å². The molecule has 1 aliphatic heterocycles. The van der Waals surface area contributed by atoms with E-state index in [1.165, 1.54) is 6.20 Å². The molecule has 0 spiro atoms. The number of hydrogen-bond donors (Lipinski definition) is 2. The Morgan fingerprint density at radius 2 is 2.32 bits per heavy atom. The first-order valence-corrected chi connectivity index (χ1v) is 6.88. The van der Waals surface area contributed by atoms with Gasteiger partial charge in [0.05, 0.1) is 12.3 Å². The number of nitrogens with zero attached hydrogens (tertiary/aromatic N) is 3. The van der Waals surface area contributed by atoms with E-state index in [-0.39, 0.29) is 12.0 Å². The fourth-order valence-electron chi connectivity index (χ4n) is 3.23. The van der Waals surface area contributed by atoms with Gasteiger partial charge >= 0.3 is 0 Å². The van der Waals surface area contributed by atoms with E-state index >= 15 is 0 Å². The zero-order valence-electron chi connectivity index (χ0n) is 11.0. The van der Waals surface area contributed by atoms with E-state index in [9.17, 15) is 9.50 Å². The molecule has 3 rings (SSSR count). The normalized spacial score (nSPS) is 29.6. The summed E-state index contributed by atoms with van der Waals surface area (Å²) in [7, 11) is 0. The van der Waals surface area contributed by atoms with Gasteiger partial charge in [-0.05, 0) is 25.7 Å². The van der Waals surface area contributed by atoms with Gasteiger partial charge in [0.2, 0.25) is 5.95 Å². The van der Waals surface area contributed by atoms with Crippen molar-refractivity contribution < 1.29 is 9.50 Å². The fourth-order valence-corrected chi connectivity index (χ4v) is 3.23. The Bertz CT molecular complexity index is 470. The first-order valence-electron chi connectivity index (χ1n) is 6.88. The smallest absolute Gasteiger partial charge is 0.224 e. The lowest BCUT2D eigenvalue weighted by atomic mass is 10.00. The molecule has 3 atom stereocenters. The average molecular weight is 266 g/mol. The molecule has 104 valence electrons. The highest BCUT2D eigenvalue weighted by Gasteiger charge is 2.42. The van der Waals surface area contributed by atoms with Crippen LogP contribution in [0.25, 0.3) is 0 Å². The van der Waals surface area contributed by atoms with Crippen LogP contribution >= 0.6 is 0 Å². The standard InChI is InChI=1S/C13H19FN4O/c1-2-15-13-16-5-10(14)12(17-13)18-6-8-3-4-11(19)9(8)7-18/h5,8-9,11,19H,2-4,6-7H2,1H3,(H,15,16,17). The summed E-state index contributed by atoms with van der Waals surface area (Å²) in [6.07, 6.45) is 2.87. The van der Waals surface area contributed by atoms with E-state index < -0.39 is 5.82 Å². The van der Waals surface area contributed by atoms with Crippen LogP contribution in [0.4, 0.5) is 16.2 Å². The monoisotopic (exact) mass is 266 g/mol. The lowest BCUT2D eigenvalue weighted by molar-refractivity contribution is 0.133. The number of fused-ring (bicyclic) bond motifs is 1. The summed E-state index contributed by atoms with van der Waals surface area (Å²) in [5.41, 5.74) is 0. The second kappa shape index (κ2) is 4.92. The molecule has 0 bridgehead atoms. The SMILES string of the molecule is CCNc1ncc(F)c(N2CC3CCC(O)C3C2)n1. The minimum absolute atomic E-state index is 0.242. The Labute approximate surface area is 111 Å². The Hall–Kier alpha value is -1.43. The molecule has 0 aromatic carbocycles. The van der Waals surface area contributed by atoms with Crippen molar-refractivity contribution in [3.63, 3.8) is 0 Å². The van der Waals surface area contributed by atoms with Gasteiger partial charge in [-0.15, -0.1) is 0 Å². The number of halogens is 1. The molecule has 3 unspecified atom stereocenters. The van der Waals surface area contributed by atoms with Crippen LogP contribution in [0.15, 0.2) is 6.20 Å². The highest BCUT2D eigenvalue weighted by molar-refractivity contribution is 5.45. The molecule has 0 radical (unpaired) electrons. The number of rotatable bonds is 3. The maximum atomic E-state index is 13.9. The van der Waals surface area contributed by atoms with Crippen molar-refractivity contribution in [1.29, 1.82) is 0 Å². The quantitative estimate of drug-likeness (QED) is 0.862. The summed E-state index contributed by atoms with van der Waals surface area (Å²) >= 11 is 0. The minimum atomic E-state index is -0.392. The molecule has 1 saturated heterocycles. The number of hydrogen-bond acceptors (Lipinski definition) is 5. The zero-order valence-corrected chi connectivity index (χ0v) is 11.0. The van der Waals surface area contributed by atoms with Crippen molar-refractivity contribution in [2.75, 3.05) is 29.9 Å². The van der Waals surface area contributed by atoms with Gasteiger partial charge in [-0.3, -0.25) is 0 Å². The van der Waals surface area contributed by atoms with Crippen molar-refractivity contribution in [3.05, 3.63) is 12.0 Å². The van der Waals surface area contributed by atoms with Gasteiger partial charge in [-0.25, -0.2) is 9.37 Å². The molecule has 19 heavy (non-hydrogen) atoms. The molecular formula is C13H19FN4O. The van der Waals surface area contributed by atoms with Crippen molar-refractivity contribution in [2.45, 2.75) is 25.9 Å². The Kier molecular flexibility index (Phi) is 3.26. The molecule has 2 heterocycles. The number of nitrogens with one attached hydrogen (secondary N) is 1. The van der Waals surface area contributed by atoms with E-state index in [2.05, 4.69) is 15.3 Å². The van der Waals surface area contributed by atoms with Crippen molar-refractivity contribution in [2.24, 2.45) is 11.8 Å². The summed E-state index contributed by atoms with van der Waals surface area (Å²) in [6.45, 7) is 4.12. The van der Waals surface area contributed by atoms with Gasteiger partial charge in [-0.2, -0.15) is 4.98 Å². The molecule has 1 aromatic rings. The maximum Gasteiger partial charge on any atom is 0.224 e. The average Bonchev–Trinajstić information content (AvgIpc) is 2.95. The maximum absolute atomic E-state index is 13.9. The molecule has 2 aliphatic rings. The predicted molar refractivity (Wildman–Crippen MR) is 70.6 cm³/mol. The van der Waals surface area contributed by atoms with Gasteiger partial charge in [0, 0.05) is 25.6 Å². The minimum Gasteiger partial charge on any atom is -0.393 e. The third-order valence-corrected chi connectivity index (χ3v) is 4.18. The summed E-state index contributed by atoms with van der Waals surface area (Å²) < 4.78 is 13.9. The number of aromatic nitrogens is 2. The van der Waals surface area contributed by atoms with Gasteiger partial charge < -0.3 is 15.3 Å². The second-order valence-corrected chi connectivity index (χ2v) is 5.37. The van der Waals surface area contributed by atoms with E-state index in [1.807, 2.05) is 11.8 Å². The van der Waals surface area contributed by atoms with Crippen molar-refractivity contribution >= 4 is 11.8 Å². The summed E-state index contributed by atoms with van der Waals surface area (Å²) in [4.78, 5) is 10.1. The molecule has 1 saturated carbocycles.